The van der Waals surface area contributed by atoms with E-state index in [1.165, 1.54) is 0 Å². The molecule has 0 aromatic heterocycles. The number of ether oxygens (including phenoxy) is 1. The number of anilines is 1. The fourth-order valence-corrected chi connectivity index (χ4v) is 6.21. The Bertz CT molecular complexity index is 714. The number of hydrogen-bond donors (Lipinski definition) is 0. The minimum atomic E-state index is -3.15. The molecule has 1 unspecified atom stereocenters. The van der Waals surface area contributed by atoms with E-state index in [-0.39, 0.29) is 0 Å². The lowest BCUT2D eigenvalue weighted by Crippen LogP contribution is -2.37. The molecule has 126 valence electrons. The number of benzene rings is 2. The van der Waals surface area contributed by atoms with Gasteiger partial charge in [0.05, 0.1) is 25.4 Å². The number of para-hydroxylation sites is 1. The maximum Gasteiger partial charge on any atom is 0.326 e. The predicted octanol–water partition coefficient (Wildman–Crippen LogP) is 3.10. The fraction of sp³-hybridized carbons (Fsp3) is 0.333. The summed E-state index contributed by atoms with van der Waals surface area (Å²) in [5.41, 5.74) is 0.943. The molecule has 0 aliphatic carbocycles. The van der Waals surface area contributed by atoms with E-state index in [4.69, 9.17) is 9.26 Å². The molecular weight excluding hydrogens is 323 g/mol. The molecule has 0 bridgehead atoms. The summed E-state index contributed by atoms with van der Waals surface area (Å²) in [4.78, 5) is 13.9. The molecule has 2 aromatic carbocycles. The highest BCUT2D eigenvalue weighted by Gasteiger charge is 2.58. The molecule has 0 saturated carbocycles. The summed E-state index contributed by atoms with van der Waals surface area (Å²) in [6.07, 6.45) is 2.13. The first-order chi connectivity index (χ1) is 11.7. The molecule has 0 amide bonds. The molecule has 5 nitrogen and oxygen atoms in total. The lowest BCUT2D eigenvalue weighted by atomic mass is 10.2. The highest BCUT2D eigenvalue weighted by Crippen LogP contribution is 2.66. The Kier molecular flexibility index (Phi) is 4.09. The smallest absolute Gasteiger partial charge is 0.326 e. The van der Waals surface area contributed by atoms with E-state index in [1.807, 2.05) is 53.2 Å². The van der Waals surface area contributed by atoms with Crippen LogP contribution in [0.4, 0.5) is 5.69 Å². The minimum Gasteiger partial charge on any atom is -0.614 e. The van der Waals surface area contributed by atoms with Gasteiger partial charge in [-0.3, -0.25) is 0 Å². The first-order valence-corrected chi connectivity index (χ1v) is 9.77. The molecule has 6 heteroatoms. The maximum atomic E-state index is 13.9. The van der Waals surface area contributed by atoms with Crippen LogP contribution in [-0.4, -0.2) is 30.9 Å². The zero-order valence-electron chi connectivity index (χ0n) is 13.7. The third kappa shape index (κ3) is 2.63. The SMILES string of the molecule is COc1cccc(O[P+]2([O-])N(c3ccccc3)C[C@@H]3CCCN32)c1. The van der Waals surface area contributed by atoms with Gasteiger partial charge in [0.25, 0.3) is 0 Å². The summed E-state index contributed by atoms with van der Waals surface area (Å²) < 4.78 is 15.4. The van der Waals surface area contributed by atoms with Crippen LogP contribution in [0.15, 0.2) is 54.6 Å². The number of fused-ring (bicyclic) bond motifs is 1. The van der Waals surface area contributed by atoms with E-state index >= 15 is 0 Å². The van der Waals surface area contributed by atoms with Gasteiger partial charge in [-0.15, -0.1) is 4.67 Å². The summed E-state index contributed by atoms with van der Waals surface area (Å²) in [7, 11) is -1.53. The van der Waals surface area contributed by atoms with Gasteiger partial charge >= 0.3 is 8.02 Å². The summed E-state index contributed by atoms with van der Waals surface area (Å²) >= 11 is 0. The van der Waals surface area contributed by atoms with Crippen LogP contribution < -0.4 is 18.8 Å². The van der Waals surface area contributed by atoms with Gasteiger partial charge in [0, 0.05) is 12.6 Å². The van der Waals surface area contributed by atoms with Crippen molar-refractivity contribution in [1.82, 2.24) is 4.67 Å². The van der Waals surface area contributed by atoms with E-state index in [9.17, 15) is 4.89 Å². The van der Waals surface area contributed by atoms with Crippen molar-refractivity contribution in [3.05, 3.63) is 54.6 Å². The molecular formula is C18H21N2O3P. The quantitative estimate of drug-likeness (QED) is 0.798. The van der Waals surface area contributed by atoms with Crippen LogP contribution in [-0.2, 0) is 0 Å². The Morgan fingerprint density at radius 2 is 1.88 bits per heavy atom. The second-order valence-electron chi connectivity index (χ2n) is 6.14. The van der Waals surface area contributed by atoms with Crippen molar-refractivity contribution in [3.8, 4) is 11.5 Å². The Labute approximate surface area is 143 Å². The fourth-order valence-electron chi connectivity index (χ4n) is 3.53. The van der Waals surface area contributed by atoms with Crippen LogP contribution >= 0.6 is 8.02 Å². The van der Waals surface area contributed by atoms with Gasteiger partial charge < -0.3 is 14.2 Å². The molecule has 2 aromatic rings. The van der Waals surface area contributed by atoms with Gasteiger partial charge in [0.1, 0.15) is 5.75 Å². The van der Waals surface area contributed by atoms with Crippen LogP contribution in [0.25, 0.3) is 0 Å². The molecule has 2 aliphatic heterocycles. The van der Waals surface area contributed by atoms with Crippen LogP contribution in [0.2, 0.25) is 0 Å². The molecule has 4 rings (SSSR count). The van der Waals surface area contributed by atoms with Gasteiger partial charge in [-0.25, -0.2) is 4.67 Å². The second-order valence-corrected chi connectivity index (χ2v) is 8.30. The molecule has 0 spiro atoms. The molecule has 0 radical (unpaired) electrons. The highest BCUT2D eigenvalue weighted by molar-refractivity contribution is 7.64. The lowest BCUT2D eigenvalue weighted by molar-refractivity contribution is -0.197. The molecule has 2 fully saturated rings. The molecule has 2 aliphatic rings. The number of hydrogen-bond acceptors (Lipinski definition) is 5. The van der Waals surface area contributed by atoms with Gasteiger partial charge in [-0.05, 0) is 37.1 Å². The molecule has 2 saturated heterocycles. The first-order valence-electron chi connectivity index (χ1n) is 8.24. The van der Waals surface area contributed by atoms with Crippen molar-refractivity contribution in [3.63, 3.8) is 0 Å². The monoisotopic (exact) mass is 344 g/mol. The van der Waals surface area contributed by atoms with Gasteiger partial charge in [-0.1, -0.05) is 24.3 Å². The lowest BCUT2D eigenvalue weighted by Gasteiger charge is -2.36. The van der Waals surface area contributed by atoms with E-state index in [1.54, 1.807) is 13.2 Å². The van der Waals surface area contributed by atoms with E-state index in [2.05, 4.69) is 4.67 Å². The third-order valence-corrected chi connectivity index (χ3v) is 7.31. The zero-order valence-corrected chi connectivity index (χ0v) is 14.6. The van der Waals surface area contributed by atoms with E-state index < -0.39 is 8.02 Å². The average Bonchev–Trinajstić information content (AvgIpc) is 3.18. The Hall–Kier alpha value is -1.81. The average molecular weight is 344 g/mol. The molecule has 24 heavy (non-hydrogen) atoms. The topological polar surface area (TPSA) is 48.0 Å². The number of methoxy groups -OCH3 is 1. The van der Waals surface area contributed by atoms with Gasteiger partial charge in [0.2, 0.25) is 0 Å². The molecule has 2 atom stereocenters. The van der Waals surface area contributed by atoms with Crippen LogP contribution in [0.3, 0.4) is 0 Å². The van der Waals surface area contributed by atoms with Crippen molar-refractivity contribution in [1.29, 1.82) is 0 Å². The number of rotatable bonds is 4. The van der Waals surface area contributed by atoms with E-state index in [0.717, 1.165) is 31.6 Å². The largest absolute Gasteiger partial charge is 0.614 e. The Balaban J connectivity index is 1.69. The van der Waals surface area contributed by atoms with Crippen molar-refractivity contribution in [2.24, 2.45) is 0 Å². The summed E-state index contributed by atoms with van der Waals surface area (Å²) in [5.74, 6) is 1.27. The summed E-state index contributed by atoms with van der Waals surface area (Å²) in [6, 6.07) is 17.5. The van der Waals surface area contributed by atoms with Crippen molar-refractivity contribution in [2.45, 2.75) is 18.9 Å². The van der Waals surface area contributed by atoms with Crippen molar-refractivity contribution < 1.29 is 14.2 Å². The minimum absolute atomic E-state index is 0.293. The highest BCUT2D eigenvalue weighted by atomic mass is 31.2. The van der Waals surface area contributed by atoms with Crippen LogP contribution in [0.5, 0.6) is 11.5 Å². The Morgan fingerprint density at radius 3 is 2.67 bits per heavy atom. The zero-order chi connectivity index (χ0) is 16.6. The van der Waals surface area contributed by atoms with E-state index in [0.29, 0.717) is 17.5 Å². The second kappa shape index (κ2) is 6.25. The third-order valence-electron chi connectivity index (χ3n) is 4.68. The summed E-state index contributed by atoms with van der Waals surface area (Å²) in [6.45, 7) is 1.56. The normalized spacial score (nSPS) is 26.4. The standard InChI is InChI=1S/C18H21N2O3P/c1-22-17-10-5-11-18(13-17)23-24(21)19-12-6-9-16(19)14-20(24)15-7-3-2-4-8-15/h2-5,7-8,10-11,13,16H,6,9,12,14H2,1H3/t16-,24?/m0/s1. The van der Waals surface area contributed by atoms with Crippen molar-refractivity contribution in [2.75, 3.05) is 24.9 Å². The van der Waals surface area contributed by atoms with Gasteiger partial charge in [0.15, 0.2) is 5.75 Å². The molecule has 2 heterocycles. The molecule has 0 N–H and O–H groups in total. The first kappa shape index (κ1) is 15.7. The predicted molar refractivity (Wildman–Crippen MR) is 94.1 cm³/mol. The van der Waals surface area contributed by atoms with Crippen LogP contribution in [0.1, 0.15) is 12.8 Å². The maximum absolute atomic E-state index is 13.9. The summed E-state index contributed by atoms with van der Waals surface area (Å²) in [5, 5.41) is 0. The Morgan fingerprint density at radius 1 is 1.08 bits per heavy atom. The van der Waals surface area contributed by atoms with Crippen molar-refractivity contribution >= 4 is 13.7 Å². The van der Waals surface area contributed by atoms with Crippen LogP contribution in [0, 0.1) is 0 Å². The number of nitrogens with zero attached hydrogens (tertiary/aromatic N) is 2. The van der Waals surface area contributed by atoms with Gasteiger partial charge in [-0.2, -0.15) is 0 Å².